The van der Waals surface area contributed by atoms with Crippen LogP contribution in [0.3, 0.4) is 0 Å². The molecule has 1 aromatic carbocycles. The van der Waals surface area contributed by atoms with Gasteiger partial charge in [0.05, 0.1) is 5.02 Å². The zero-order chi connectivity index (χ0) is 12.6. The average Bonchev–Trinajstić information content (AvgIpc) is 2.57. The first-order valence-electron chi connectivity index (χ1n) is 4.72. The van der Waals surface area contributed by atoms with Crippen LogP contribution in [-0.2, 0) is 7.05 Å². The van der Waals surface area contributed by atoms with E-state index in [0.717, 1.165) is 0 Å². The van der Waals surface area contributed by atoms with Crippen LogP contribution in [0.2, 0.25) is 10.0 Å². The van der Waals surface area contributed by atoms with Gasteiger partial charge in [0.1, 0.15) is 17.7 Å². The molecule has 0 aliphatic rings. The fourth-order valence-corrected chi connectivity index (χ4v) is 2.00. The van der Waals surface area contributed by atoms with Crippen LogP contribution in [0, 0.1) is 11.3 Å². The van der Waals surface area contributed by atoms with Crippen LogP contribution in [0.4, 0.5) is 5.82 Å². The first kappa shape index (κ1) is 11.8. The highest BCUT2D eigenvalue weighted by atomic mass is 35.5. The molecule has 0 radical (unpaired) electrons. The van der Waals surface area contributed by atoms with E-state index in [1.807, 2.05) is 6.07 Å². The summed E-state index contributed by atoms with van der Waals surface area (Å²) in [4.78, 5) is 4.14. The maximum Gasteiger partial charge on any atom is 0.183 e. The number of hydrogen-bond donors (Lipinski definition) is 1. The van der Waals surface area contributed by atoms with E-state index in [-0.39, 0.29) is 5.69 Å². The SMILES string of the molecule is Cn1c(-c2ccc(Cl)cc2Cl)nc(C#N)c1N. The molecule has 0 bridgehead atoms. The predicted molar refractivity (Wildman–Crippen MR) is 67.8 cm³/mol. The van der Waals surface area contributed by atoms with E-state index in [9.17, 15) is 0 Å². The maximum absolute atomic E-state index is 8.86. The first-order valence-corrected chi connectivity index (χ1v) is 5.48. The van der Waals surface area contributed by atoms with Gasteiger partial charge in [-0.2, -0.15) is 5.26 Å². The van der Waals surface area contributed by atoms with Crippen LogP contribution in [0.5, 0.6) is 0 Å². The molecule has 0 spiro atoms. The molecule has 17 heavy (non-hydrogen) atoms. The molecule has 0 aliphatic carbocycles. The van der Waals surface area contributed by atoms with Crippen LogP contribution in [0.1, 0.15) is 5.69 Å². The van der Waals surface area contributed by atoms with Crippen molar-refractivity contribution >= 4 is 29.0 Å². The second kappa shape index (κ2) is 4.28. The van der Waals surface area contributed by atoms with E-state index in [4.69, 9.17) is 34.2 Å². The molecule has 4 nitrogen and oxygen atoms in total. The standard InChI is InChI=1S/C11H8Cl2N4/c1-17-10(15)9(5-14)16-11(17)7-3-2-6(12)4-8(7)13/h2-4H,15H2,1H3. The summed E-state index contributed by atoms with van der Waals surface area (Å²) in [5, 5.41) is 9.87. The van der Waals surface area contributed by atoms with Crippen LogP contribution in [0.15, 0.2) is 18.2 Å². The lowest BCUT2D eigenvalue weighted by molar-refractivity contribution is 0.936. The number of aromatic nitrogens is 2. The summed E-state index contributed by atoms with van der Waals surface area (Å²) in [6.07, 6.45) is 0. The monoisotopic (exact) mass is 266 g/mol. The van der Waals surface area contributed by atoms with Gasteiger partial charge in [0, 0.05) is 17.6 Å². The minimum atomic E-state index is 0.188. The van der Waals surface area contributed by atoms with Gasteiger partial charge in [-0.15, -0.1) is 0 Å². The highest BCUT2D eigenvalue weighted by Gasteiger charge is 2.15. The Bertz CT molecular complexity index is 625. The Kier molecular flexibility index (Phi) is 2.97. The van der Waals surface area contributed by atoms with Gasteiger partial charge in [0.15, 0.2) is 5.69 Å². The molecule has 0 aliphatic heterocycles. The van der Waals surface area contributed by atoms with Crippen molar-refractivity contribution in [1.82, 2.24) is 9.55 Å². The third-order valence-corrected chi connectivity index (χ3v) is 2.97. The second-order valence-corrected chi connectivity index (χ2v) is 4.31. The summed E-state index contributed by atoms with van der Waals surface area (Å²) >= 11 is 11.9. The molecular formula is C11H8Cl2N4. The second-order valence-electron chi connectivity index (χ2n) is 3.46. The van der Waals surface area contributed by atoms with E-state index >= 15 is 0 Å². The topological polar surface area (TPSA) is 67.6 Å². The fourth-order valence-electron chi connectivity index (χ4n) is 1.51. The number of benzene rings is 1. The number of anilines is 1. The molecule has 1 aromatic heterocycles. The smallest absolute Gasteiger partial charge is 0.183 e. The molecule has 0 atom stereocenters. The van der Waals surface area contributed by atoms with Crippen molar-refractivity contribution in [2.75, 3.05) is 5.73 Å². The Balaban J connectivity index is 2.65. The highest BCUT2D eigenvalue weighted by Crippen LogP contribution is 2.31. The Morgan fingerprint density at radius 2 is 2.12 bits per heavy atom. The van der Waals surface area contributed by atoms with Gasteiger partial charge in [-0.3, -0.25) is 0 Å². The fraction of sp³-hybridized carbons (Fsp3) is 0.0909. The lowest BCUT2D eigenvalue weighted by Gasteiger charge is -2.05. The van der Waals surface area contributed by atoms with E-state index in [1.54, 1.807) is 29.8 Å². The summed E-state index contributed by atoms with van der Waals surface area (Å²) < 4.78 is 1.62. The van der Waals surface area contributed by atoms with E-state index in [0.29, 0.717) is 27.3 Å². The van der Waals surface area contributed by atoms with Gasteiger partial charge in [-0.1, -0.05) is 23.2 Å². The number of imidazole rings is 1. The van der Waals surface area contributed by atoms with E-state index < -0.39 is 0 Å². The van der Waals surface area contributed by atoms with Crippen LogP contribution in [0.25, 0.3) is 11.4 Å². The number of nitrogens with zero attached hydrogens (tertiary/aromatic N) is 3. The number of hydrogen-bond acceptors (Lipinski definition) is 3. The zero-order valence-corrected chi connectivity index (χ0v) is 10.4. The third-order valence-electron chi connectivity index (χ3n) is 2.42. The van der Waals surface area contributed by atoms with Crippen molar-refractivity contribution in [2.45, 2.75) is 0 Å². The minimum Gasteiger partial charge on any atom is -0.383 e. The molecule has 6 heteroatoms. The van der Waals surface area contributed by atoms with Crippen molar-refractivity contribution in [1.29, 1.82) is 5.26 Å². The largest absolute Gasteiger partial charge is 0.383 e. The van der Waals surface area contributed by atoms with Gasteiger partial charge in [0.25, 0.3) is 0 Å². The number of rotatable bonds is 1. The number of nitriles is 1. The number of nitrogen functional groups attached to an aromatic ring is 1. The molecule has 1 heterocycles. The Labute approximate surface area is 108 Å². The van der Waals surface area contributed by atoms with E-state index in [2.05, 4.69) is 4.98 Å². The van der Waals surface area contributed by atoms with Crippen molar-refractivity contribution in [3.63, 3.8) is 0 Å². The Morgan fingerprint density at radius 3 is 2.65 bits per heavy atom. The van der Waals surface area contributed by atoms with Crippen LogP contribution < -0.4 is 5.73 Å². The maximum atomic E-state index is 8.86. The van der Waals surface area contributed by atoms with Gasteiger partial charge in [-0.25, -0.2) is 4.98 Å². The van der Waals surface area contributed by atoms with Crippen molar-refractivity contribution in [2.24, 2.45) is 7.05 Å². The number of nitrogens with two attached hydrogens (primary N) is 1. The summed E-state index contributed by atoms with van der Waals surface area (Å²) in [6.45, 7) is 0. The summed E-state index contributed by atoms with van der Waals surface area (Å²) in [7, 11) is 1.73. The molecule has 0 saturated heterocycles. The average molecular weight is 267 g/mol. The normalized spacial score (nSPS) is 10.2. The van der Waals surface area contributed by atoms with Gasteiger partial charge >= 0.3 is 0 Å². The van der Waals surface area contributed by atoms with Crippen molar-refractivity contribution in [3.05, 3.63) is 33.9 Å². The van der Waals surface area contributed by atoms with Gasteiger partial charge in [-0.05, 0) is 18.2 Å². The minimum absolute atomic E-state index is 0.188. The summed E-state index contributed by atoms with van der Waals surface area (Å²) in [6, 6.07) is 7.00. The molecule has 2 rings (SSSR count). The molecular weight excluding hydrogens is 259 g/mol. The molecule has 0 saturated carbocycles. The Morgan fingerprint density at radius 1 is 1.41 bits per heavy atom. The molecule has 0 amide bonds. The molecule has 0 fully saturated rings. The van der Waals surface area contributed by atoms with E-state index in [1.165, 1.54) is 0 Å². The number of halogens is 2. The molecule has 2 N–H and O–H groups in total. The lowest BCUT2D eigenvalue weighted by atomic mass is 10.2. The van der Waals surface area contributed by atoms with Crippen molar-refractivity contribution < 1.29 is 0 Å². The summed E-state index contributed by atoms with van der Waals surface area (Å²) in [5.74, 6) is 0.856. The van der Waals surface area contributed by atoms with Gasteiger partial charge in [0.2, 0.25) is 0 Å². The quantitative estimate of drug-likeness (QED) is 0.863. The van der Waals surface area contributed by atoms with Crippen molar-refractivity contribution in [3.8, 4) is 17.5 Å². The predicted octanol–water partition coefficient (Wildman–Crippen LogP) is 2.85. The summed E-state index contributed by atoms with van der Waals surface area (Å²) in [5.41, 5.74) is 6.62. The highest BCUT2D eigenvalue weighted by molar-refractivity contribution is 6.36. The zero-order valence-electron chi connectivity index (χ0n) is 8.91. The third kappa shape index (κ3) is 1.95. The van der Waals surface area contributed by atoms with Gasteiger partial charge < -0.3 is 10.3 Å². The van der Waals surface area contributed by atoms with Crippen LogP contribution in [-0.4, -0.2) is 9.55 Å². The molecule has 2 aromatic rings. The Hall–Kier alpha value is -1.70. The van der Waals surface area contributed by atoms with Crippen LogP contribution >= 0.6 is 23.2 Å². The first-order chi connectivity index (χ1) is 8.04. The molecule has 0 unspecified atom stereocenters. The lowest BCUT2D eigenvalue weighted by Crippen LogP contribution is -1.99. The molecule has 86 valence electrons.